The van der Waals surface area contributed by atoms with Crippen LogP contribution < -0.4 is 0 Å². The van der Waals surface area contributed by atoms with Crippen molar-refractivity contribution in [2.24, 2.45) is 0 Å². The van der Waals surface area contributed by atoms with E-state index in [0.717, 1.165) is 30.7 Å². The Morgan fingerprint density at radius 2 is 1.90 bits per heavy atom. The summed E-state index contributed by atoms with van der Waals surface area (Å²) in [5, 5.41) is 0.222. The second-order valence-corrected chi connectivity index (χ2v) is 6.04. The van der Waals surface area contributed by atoms with Gasteiger partial charge in [0, 0.05) is 11.5 Å². The van der Waals surface area contributed by atoms with Crippen molar-refractivity contribution >= 4 is 27.5 Å². The molecule has 0 unspecified atom stereocenters. The van der Waals surface area contributed by atoms with Crippen LogP contribution in [0.5, 0.6) is 0 Å². The molecule has 0 radical (unpaired) electrons. The van der Waals surface area contributed by atoms with Crippen LogP contribution in [-0.2, 0) is 6.18 Å². The van der Waals surface area contributed by atoms with Crippen molar-refractivity contribution < 1.29 is 13.2 Å². The van der Waals surface area contributed by atoms with E-state index in [1.807, 2.05) is 0 Å². The first-order valence-electron chi connectivity index (χ1n) is 6.27. The first-order valence-corrected chi connectivity index (χ1v) is 7.44. The molecule has 2 aromatic rings. The molecule has 1 fully saturated rings. The van der Waals surface area contributed by atoms with Gasteiger partial charge in [0.05, 0.1) is 15.7 Å². The van der Waals surface area contributed by atoms with Gasteiger partial charge in [-0.1, -0.05) is 23.7 Å². The van der Waals surface area contributed by atoms with E-state index in [9.17, 15) is 13.2 Å². The van der Waals surface area contributed by atoms with Crippen LogP contribution in [0, 0.1) is 0 Å². The van der Waals surface area contributed by atoms with Crippen LogP contribution in [0.25, 0.3) is 11.4 Å². The Kier molecular flexibility index (Phi) is 3.69. The highest BCUT2D eigenvalue weighted by molar-refractivity contribution is 9.10. The largest absolute Gasteiger partial charge is 0.416 e. The number of aromatic nitrogens is 2. The van der Waals surface area contributed by atoms with Crippen LogP contribution in [0.2, 0.25) is 5.15 Å². The van der Waals surface area contributed by atoms with E-state index in [2.05, 4.69) is 25.9 Å². The molecule has 1 aliphatic rings. The topological polar surface area (TPSA) is 25.8 Å². The van der Waals surface area contributed by atoms with E-state index >= 15 is 0 Å². The SMILES string of the molecule is FC(F)(F)c1cccc(-c2nc(Cl)c(Br)c(C3CC3)n2)c1. The summed E-state index contributed by atoms with van der Waals surface area (Å²) >= 11 is 9.39. The lowest BCUT2D eigenvalue weighted by Gasteiger charge is -2.10. The van der Waals surface area contributed by atoms with Crippen LogP contribution in [0.1, 0.15) is 30.0 Å². The Morgan fingerprint density at radius 3 is 2.52 bits per heavy atom. The summed E-state index contributed by atoms with van der Waals surface area (Å²) in [5.74, 6) is 0.528. The van der Waals surface area contributed by atoms with Gasteiger partial charge in [0.1, 0.15) is 5.15 Å². The van der Waals surface area contributed by atoms with Gasteiger partial charge in [0.25, 0.3) is 0 Å². The smallest absolute Gasteiger partial charge is 0.231 e. The molecule has 1 aromatic heterocycles. The Bertz CT molecular complexity index is 699. The molecule has 7 heteroatoms. The minimum absolute atomic E-state index is 0.219. The van der Waals surface area contributed by atoms with Crippen molar-refractivity contribution in [1.29, 1.82) is 0 Å². The van der Waals surface area contributed by atoms with Crippen LogP contribution in [0.15, 0.2) is 28.7 Å². The molecule has 3 rings (SSSR count). The number of alkyl halides is 3. The molecule has 0 bridgehead atoms. The number of nitrogens with zero attached hydrogens (tertiary/aromatic N) is 2. The van der Waals surface area contributed by atoms with E-state index in [1.54, 1.807) is 6.07 Å². The fraction of sp³-hybridized carbons (Fsp3) is 0.286. The lowest BCUT2D eigenvalue weighted by atomic mass is 10.1. The average Bonchev–Trinajstić information content (AvgIpc) is 3.25. The Morgan fingerprint density at radius 1 is 1.19 bits per heavy atom. The zero-order valence-electron chi connectivity index (χ0n) is 10.6. The highest BCUT2D eigenvalue weighted by atomic mass is 79.9. The third-order valence-electron chi connectivity index (χ3n) is 3.25. The summed E-state index contributed by atoms with van der Waals surface area (Å²) < 4.78 is 38.9. The summed E-state index contributed by atoms with van der Waals surface area (Å²) in [6.45, 7) is 0. The molecule has 0 N–H and O–H groups in total. The Hall–Kier alpha value is -1.14. The zero-order chi connectivity index (χ0) is 15.2. The van der Waals surface area contributed by atoms with Gasteiger partial charge in [-0.25, -0.2) is 9.97 Å². The second-order valence-electron chi connectivity index (χ2n) is 4.89. The predicted octanol–water partition coefficient (Wildman–Crippen LogP) is 5.46. The van der Waals surface area contributed by atoms with Crippen molar-refractivity contribution in [1.82, 2.24) is 9.97 Å². The number of benzene rings is 1. The lowest BCUT2D eigenvalue weighted by molar-refractivity contribution is -0.137. The normalized spacial score (nSPS) is 15.3. The van der Waals surface area contributed by atoms with E-state index in [0.29, 0.717) is 16.0 Å². The van der Waals surface area contributed by atoms with Crippen LogP contribution >= 0.6 is 27.5 Å². The molecule has 110 valence electrons. The molecule has 1 saturated carbocycles. The molecular weight excluding hydrogens is 369 g/mol. The van der Waals surface area contributed by atoms with Gasteiger partial charge >= 0.3 is 6.18 Å². The van der Waals surface area contributed by atoms with Crippen molar-refractivity contribution in [3.8, 4) is 11.4 Å². The van der Waals surface area contributed by atoms with E-state index in [4.69, 9.17) is 11.6 Å². The third kappa shape index (κ3) is 3.06. The van der Waals surface area contributed by atoms with Crippen molar-refractivity contribution in [2.75, 3.05) is 0 Å². The van der Waals surface area contributed by atoms with E-state index in [-0.39, 0.29) is 11.0 Å². The predicted molar refractivity (Wildman–Crippen MR) is 77.2 cm³/mol. The summed E-state index contributed by atoms with van der Waals surface area (Å²) in [6, 6.07) is 4.95. The zero-order valence-corrected chi connectivity index (χ0v) is 12.9. The molecule has 21 heavy (non-hydrogen) atoms. The highest BCUT2D eigenvalue weighted by Gasteiger charge is 2.32. The quantitative estimate of drug-likeness (QED) is 0.650. The summed E-state index contributed by atoms with van der Waals surface area (Å²) in [6.07, 6.45) is -2.38. The molecule has 1 aromatic carbocycles. The molecular formula is C14H9BrClF3N2. The van der Waals surface area contributed by atoms with Crippen LogP contribution in [0.4, 0.5) is 13.2 Å². The molecule has 0 spiro atoms. The van der Waals surface area contributed by atoms with Gasteiger partial charge in [-0.15, -0.1) is 0 Å². The Labute approximate surface area is 132 Å². The Balaban J connectivity index is 2.08. The molecule has 1 aliphatic carbocycles. The third-order valence-corrected chi connectivity index (χ3v) is 4.53. The molecule has 0 atom stereocenters. The molecule has 2 nitrogen and oxygen atoms in total. The number of rotatable bonds is 2. The number of hydrogen-bond donors (Lipinski definition) is 0. The van der Waals surface area contributed by atoms with Crippen molar-refractivity contribution in [3.63, 3.8) is 0 Å². The minimum atomic E-state index is -4.39. The van der Waals surface area contributed by atoms with Gasteiger partial charge in [0.15, 0.2) is 5.82 Å². The van der Waals surface area contributed by atoms with E-state index < -0.39 is 11.7 Å². The minimum Gasteiger partial charge on any atom is -0.231 e. The summed E-state index contributed by atoms with van der Waals surface area (Å²) in [5.41, 5.74) is 0.346. The van der Waals surface area contributed by atoms with Crippen LogP contribution in [0.3, 0.4) is 0 Å². The van der Waals surface area contributed by atoms with E-state index in [1.165, 1.54) is 6.07 Å². The fourth-order valence-corrected chi connectivity index (χ4v) is 2.70. The van der Waals surface area contributed by atoms with Crippen molar-refractivity contribution in [2.45, 2.75) is 24.9 Å². The maximum Gasteiger partial charge on any atom is 0.416 e. The van der Waals surface area contributed by atoms with Gasteiger partial charge in [-0.05, 0) is 40.9 Å². The van der Waals surface area contributed by atoms with Gasteiger partial charge < -0.3 is 0 Å². The summed E-state index contributed by atoms with van der Waals surface area (Å²) in [4.78, 5) is 8.46. The molecule has 0 aliphatic heterocycles. The first-order chi connectivity index (χ1) is 9.86. The van der Waals surface area contributed by atoms with Crippen molar-refractivity contribution in [3.05, 3.63) is 45.1 Å². The maximum absolute atomic E-state index is 12.8. The van der Waals surface area contributed by atoms with Gasteiger partial charge in [-0.3, -0.25) is 0 Å². The molecule has 1 heterocycles. The highest BCUT2D eigenvalue weighted by Crippen LogP contribution is 2.44. The van der Waals surface area contributed by atoms with Gasteiger partial charge in [0.2, 0.25) is 0 Å². The number of halogens is 5. The molecule has 0 amide bonds. The lowest BCUT2D eigenvalue weighted by Crippen LogP contribution is -2.05. The second kappa shape index (κ2) is 5.25. The average molecular weight is 378 g/mol. The fourth-order valence-electron chi connectivity index (χ4n) is 2.03. The molecule has 0 saturated heterocycles. The maximum atomic E-state index is 12.8. The van der Waals surface area contributed by atoms with Crippen LogP contribution in [-0.4, -0.2) is 9.97 Å². The summed E-state index contributed by atoms with van der Waals surface area (Å²) in [7, 11) is 0. The standard InChI is InChI=1S/C14H9BrClF3N2/c15-10-11(7-4-5-7)20-13(21-12(10)16)8-2-1-3-9(6-8)14(17,18)19/h1-3,6-7H,4-5H2. The first kappa shape index (κ1) is 14.8. The van der Waals surface area contributed by atoms with Gasteiger partial charge in [-0.2, -0.15) is 13.2 Å². The number of hydrogen-bond acceptors (Lipinski definition) is 2. The monoisotopic (exact) mass is 376 g/mol.